The average molecular weight is 237 g/mol. The highest BCUT2D eigenvalue weighted by Gasteiger charge is 2.22. The van der Waals surface area contributed by atoms with Crippen molar-refractivity contribution >= 4 is 5.97 Å². The summed E-state index contributed by atoms with van der Waals surface area (Å²) >= 11 is 0. The van der Waals surface area contributed by atoms with Gasteiger partial charge in [-0.25, -0.2) is 0 Å². The standard InChI is InChI=1S/C13H19NO3/c1-8-4-5-11(9(2)6-8)7-14-12(10(3)15)13(16)17/h4-6,10,12,14-15H,7H2,1-3H3,(H,16,17)/t10-,12-/m1/s1. The normalized spacial score (nSPS) is 14.4. The fraction of sp³-hybridized carbons (Fsp3) is 0.462. The van der Waals surface area contributed by atoms with Gasteiger partial charge in [0, 0.05) is 6.54 Å². The molecule has 4 nitrogen and oxygen atoms in total. The number of benzene rings is 1. The van der Waals surface area contributed by atoms with Crippen molar-refractivity contribution in [3.63, 3.8) is 0 Å². The van der Waals surface area contributed by atoms with Crippen LogP contribution in [0.3, 0.4) is 0 Å². The molecule has 0 aliphatic heterocycles. The van der Waals surface area contributed by atoms with Crippen LogP contribution in [0.5, 0.6) is 0 Å². The zero-order valence-electron chi connectivity index (χ0n) is 10.4. The summed E-state index contributed by atoms with van der Waals surface area (Å²) in [5.41, 5.74) is 3.34. The minimum Gasteiger partial charge on any atom is -0.480 e. The van der Waals surface area contributed by atoms with Gasteiger partial charge in [-0.05, 0) is 31.9 Å². The van der Waals surface area contributed by atoms with E-state index in [1.165, 1.54) is 12.5 Å². The number of aliphatic hydroxyl groups excluding tert-OH is 1. The van der Waals surface area contributed by atoms with Gasteiger partial charge in [0.2, 0.25) is 0 Å². The number of rotatable bonds is 5. The van der Waals surface area contributed by atoms with Crippen LogP contribution in [0.1, 0.15) is 23.6 Å². The lowest BCUT2D eigenvalue weighted by molar-refractivity contribution is -0.142. The first-order chi connectivity index (χ1) is 7.91. The van der Waals surface area contributed by atoms with E-state index in [1.54, 1.807) is 0 Å². The zero-order valence-corrected chi connectivity index (χ0v) is 10.4. The van der Waals surface area contributed by atoms with Crippen LogP contribution in [0.25, 0.3) is 0 Å². The molecule has 1 aromatic rings. The summed E-state index contributed by atoms with van der Waals surface area (Å²) in [5.74, 6) is -1.04. The second-order valence-electron chi connectivity index (χ2n) is 4.37. The van der Waals surface area contributed by atoms with Crippen molar-refractivity contribution in [2.75, 3.05) is 0 Å². The summed E-state index contributed by atoms with van der Waals surface area (Å²) < 4.78 is 0. The number of aryl methyl sites for hydroxylation is 2. The van der Waals surface area contributed by atoms with Crippen molar-refractivity contribution in [3.8, 4) is 0 Å². The Kier molecular flexibility index (Phi) is 4.66. The lowest BCUT2D eigenvalue weighted by atomic mass is 10.1. The number of nitrogens with one attached hydrogen (secondary N) is 1. The SMILES string of the molecule is Cc1ccc(CN[C@@H](C(=O)O)[C@@H](C)O)c(C)c1. The molecule has 94 valence electrons. The van der Waals surface area contributed by atoms with Crippen LogP contribution in [0.15, 0.2) is 18.2 Å². The third-order valence-electron chi connectivity index (χ3n) is 2.76. The molecule has 1 rings (SSSR count). The molecule has 0 unspecified atom stereocenters. The Labute approximate surface area is 101 Å². The molecule has 2 atom stereocenters. The molecule has 1 aromatic carbocycles. The molecule has 17 heavy (non-hydrogen) atoms. The van der Waals surface area contributed by atoms with E-state index < -0.39 is 18.1 Å². The van der Waals surface area contributed by atoms with Gasteiger partial charge in [0.15, 0.2) is 0 Å². The molecule has 0 aromatic heterocycles. The monoisotopic (exact) mass is 237 g/mol. The minimum atomic E-state index is -1.04. The van der Waals surface area contributed by atoms with E-state index in [-0.39, 0.29) is 0 Å². The molecule has 0 heterocycles. The second kappa shape index (κ2) is 5.80. The number of carboxylic acid groups (broad SMARTS) is 1. The fourth-order valence-corrected chi connectivity index (χ4v) is 1.73. The highest BCUT2D eigenvalue weighted by atomic mass is 16.4. The van der Waals surface area contributed by atoms with E-state index in [9.17, 15) is 9.90 Å². The van der Waals surface area contributed by atoms with E-state index in [0.29, 0.717) is 6.54 Å². The maximum absolute atomic E-state index is 10.9. The summed E-state index contributed by atoms with van der Waals surface area (Å²) in [6.07, 6.45) is -0.918. The molecule has 0 saturated carbocycles. The summed E-state index contributed by atoms with van der Waals surface area (Å²) in [6, 6.07) is 5.08. The van der Waals surface area contributed by atoms with Gasteiger partial charge in [0.05, 0.1) is 6.10 Å². The van der Waals surface area contributed by atoms with Crippen molar-refractivity contribution in [1.29, 1.82) is 0 Å². The van der Waals surface area contributed by atoms with Crippen molar-refractivity contribution < 1.29 is 15.0 Å². The Hall–Kier alpha value is -1.39. The molecule has 0 radical (unpaired) electrons. The summed E-state index contributed by atoms with van der Waals surface area (Å²) in [4.78, 5) is 10.9. The minimum absolute atomic E-state index is 0.438. The second-order valence-corrected chi connectivity index (χ2v) is 4.37. The number of carbonyl (C=O) groups is 1. The first kappa shape index (κ1) is 13.7. The van der Waals surface area contributed by atoms with E-state index in [1.807, 2.05) is 26.0 Å². The molecule has 4 heteroatoms. The smallest absolute Gasteiger partial charge is 0.323 e. The van der Waals surface area contributed by atoms with Crippen LogP contribution < -0.4 is 5.32 Å². The quantitative estimate of drug-likeness (QED) is 0.720. The van der Waals surface area contributed by atoms with Gasteiger partial charge in [0.1, 0.15) is 6.04 Å². The van der Waals surface area contributed by atoms with Crippen LogP contribution in [0, 0.1) is 13.8 Å². The Morgan fingerprint density at radius 1 is 1.41 bits per heavy atom. The molecule has 0 fully saturated rings. The number of hydrogen-bond acceptors (Lipinski definition) is 3. The summed E-state index contributed by atoms with van der Waals surface area (Å²) in [7, 11) is 0. The molecular formula is C13H19NO3. The van der Waals surface area contributed by atoms with Gasteiger partial charge >= 0.3 is 5.97 Å². The van der Waals surface area contributed by atoms with Gasteiger partial charge < -0.3 is 10.2 Å². The Morgan fingerprint density at radius 2 is 2.06 bits per heavy atom. The summed E-state index contributed by atoms with van der Waals surface area (Å²) in [5, 5.41) is 21.1. The van der Waals surface area contributed by atoms with Crippen LogP contribution in [-0.4, -0.2) is 28.3 Å². The number of hydrogen-bond donors (Lipinski definition) is 3. The Bertz CT molecular complexity index is 402. The number of aliphatic hydroxyl groups is 1. The Balaban J connectivity index is 2.69. The number of carboxylic acids is 1. The lowest BCUT2D eigenvalue weighted by Crippen LogP contribution is -2.44. The molecule has 3 N–H and O–H groups in total. The van der Waals surface area contributed by atoms with Crippen LogP contribution >= 0.6 is 0 Å². The molecule has 0 amide bonds. The van der Waals surface area contributed by atoms with Gasteiger partial charge in [-0.1, -0.05) is 23.8 Å². The van der Waals surface area contributed by atoms with Crippen molar-refractivity contribution in [3.05, 3.63) is 34.9 Å². The maximum Gasteiger partial charge on any atom is 0.323 e. The molecule has 0 bridgehead atoms. The van der Waals surface area contributed by atoms with E-state index in [4.69, 9.17) is 5.11 Å². The molecular weight excluding hydrogens is 218 g/mol. The predicted octanol–water partition coefficient (Wildman–Crippen LogP) is 1.23. The van der Waals surface area contributed by atoms with E-state index in [0.717, 1.165) is 11.1 Å². The molecule has 0 saturated heterocycles. The number of aliphatic carboxylic acids is 1. The van der Waals surface area contributed by atoms with Crippen LogP contribution in [-0.2, 0) is 11.3 Å². The van der Waals surface area contributed by atoms with Gasteiger partial charge in [-0.3, -0.25) is 10.1 Å². The largest absolute Gasteiger partial charge is 0.480 e. The topological polar surface area (TPSA) is 69.6 Å². The Morgan fingerprint density at radius 3 is 2.53 bits per heavy atom. The highest BCUT2D eigenvalue weighted by Crippen LogP contribution is 2.10. The molecule has 0 aliphatic rings. The molecule has 0 aliphatic carbocycles. The highest BCUT2D eigenvalue weighted by molar-refractivity contribution is 5.74. The van der Waals surface area contributed by atoms with Crippen LogP contribution in [0.2, 0.25) is 0 Å². The van der Waals surface area contributed by atoms with Crippen molar-refractivity contribution in [2.45, 2.75) is 39.5 Å². The van der Waals surface area contributed by atoms with Gasteiger partial charge in [-0.15, -0.1) is 0 Å². The lowest BCUT2D eigenvalue weighted by Gasteiger charge is -2.17. The van der Waals surface area contributed by atoms with Crippen LogP contribution in [0.4, 0.5) is 0 Å². The maximum atomic E-state index is 10.9. The summed E-state index contributed by atoms with van der Waals surface area (Å²) in [6.45, 7) is 5.91. The van der Waals surface area contributed by atoms with Gasteiger partial charge in [-0.2, -0.15) is 0 Å². The van der Waals surface area contributed by atoms with Gasteiger partial charge in [0.25, 0.3) is 0 Å². The van der Waals surface area contributed by atoms with Crippen molar-refractivity contribution in [2.24, 2.45) is 0 Å². The first-order valence-electron chi connectivity index (χ1n) is 5.62. The predicted molar refractivity (Wildman–Crippen MR) is 65.9 cm³/mol. The molecule has 0 spiro atoms. The fourth-order valence-electron chi connectivity index (χ4n) is 1.73. The average Bonchev–Trinajstić information content (AvgIpc) is 2.20. The van der Waals surface area contributed by atoms with E-state index in [2.05, 4.69) is 11.4 Å². The van der Waals surface area contributed by atoms with Crippen molar-refractivity contribution in [1.82, 2.24) is 5.32 Å². The first-order valence-corrected chi connectivity index (χ1v) is 5.62. The third-order valence-corrected chi connectivity index (χ3v) is 2.76. The zero-order chi connectivity index (χ0) is 13.0. The van der Waals surface area contributed by atoms with E-state index >= 15 is 0 Å². The third kappa shape index (κ3) is 3.84.